The third kappa shape index (κ3) is 3.24. The van der Waals surface area contributed by atoms with Gasteiger partial charge >= 0.3 is 0 Å². The van der Waals surface area contributed by atoms with Crippen molar-refractivity contribution in [3.63, 3.8) is 0 Å². The van der Waals surface area contributed by atoms with Crippen molar-refractivity contribution in [2.75, 3.05) is 13.6 Å². The van der Waals surface area contributed by atoms with Crippen LogP contribution in [0, 0.1) is 5.41 Å². The Kier molecular flexibility index (Phi) is 4.63. The Morgan fingerprint density at radius 2 is 1.76 bits per heavy atom. The second kappa shape index (κ2) is 6.26. The first-order valence-electron chi connectivity index (χ1n) is 7.33. The van der Waals surface area contributed by atoms with E-state index in [0.29, 0.717) is 18.7 Å². The molecule has 1 aromatic rings. The molecule has 0 saturated heterocycles. The first-order chi connectivity index (χ1) is 9.98. The number of carbonyl (C=O) groups excluding carboxylic acids is 2. The number of hydrogen-bond donors (Lipinski definition) is 2. The average molecular weight is 289 g/mol. The molecule has 2 amide bonds. The lowest BCUT2D eigenvalue weighted by atomic mass is 9.84. The van der Waals surface area contributed by atoms with E-state index < -0.39 is 5.91 Å². The zero-order valence-corrected chi connectivity index (χ0v) is 12.5. The lowest BCUT2D eigenvalue weighted by Gasteiger charge is -2.31. The summed E-state index contributed by atoms with van der Waals surface area (Å²) in [5.74, 6) is -0.319. The monoisotopic (exact) mass is 289 g/mol. The van der Waals surface area contributed by atoms with Crippen molar-refractivity contribution in [1.29, 1.82) is 0 Å². The summed E-state index contributed by atoms with van der Waals surface area (Å²) in [5, 5.41) is 0. The number of amides is 2. The number of hydrogen-bond acceptors (Lipinski definition) is 3. The molecule has 1 aliphatic rings. The van der Waals surface area contributed by atoms with Crippen LogP contribution >= 0.6 is 0 Å². The van der Waals surface area contributed by atoms with Gasteiger partial charge in [0, 0.05) is 25.7 Å². The Labute approximate surface area is 125 Å². The number of nitrogens with two attached hydrogens (primary N) is 2. The minimum absolute atomic E-state index is 0.126. The van der Waals surface area contributed by atoms with Crippen molar-refractivity contribution in [3.05, 3.63) is 35.4 Å². The van der Waals surface area contributed by atoms with Crippen molar-refractivity contribution in [1.82, 2.24) is 4.90 Å². The van der Waals surface area contributed by atoms with Crippen LogP contribution in [-0.2, 0) is 11.3 Å². The van der Waals surface area contributed by atoms with Crippen molar-refractivity contribution >= 4 is 11.8 Å². The number of primary amides is 1. The molecule has 0 aromatic heterocycles. The molecule has 114 valence electrons. The third-order valence-electron chi connectivity index (χ3n) is 4.41. The molecule has 0 spiro atoms. The zero-order chi connectivity index (χ0) is 15.5. The van der Waals surface area contributed by atoms with Crippen LogP contribution in [0.3, 0.4) is 0 Å². The van der Waals surface area contributed by atoms with E-state index in [1.807, 2.05) is 12.1 Å². The quantitative estimate of drug-likeness (QED) is 0.855. The van der Waals surface area contributed by atoms with Gasteiger partial charge in [-0.3, -0.25) is 9.59 Å². The second-order valence-corrected chi connectivity index (χ2v) is 5.91. The maximum atomic E-state index is 12.6. The van der Waals surface area contributed by atoms with Crippen LogP contribution in [0.2, 0.25) is 0 Å². The summed E-state index contributed by atoms with van der Waals surface area (Å²) in [6.07, 6.45) is 3.91. The molecule has 0 aliphatic heterocycles. The Morgan fingerprint density at radius 1 is 1.19 bits per heavy atom. The minimum Gasteiger partial charge on any atom is -0.366 e. The van der Waals surface area contributed by atoms with Crippen LogP contribution in [0.4, 0.5) is 0 Å². The van der Waals surface area contributed by atoms with Crippen molar-refractivity contribution < 1.29 is 9.59 Å². The molecule has 0 heterocycles. The lowest BCUT2D eigenvalue weighted by molar-refractivity contribution is -0.140. The van der Waals surface area contributed by atoms with E-state index >= 15 is 0 Å². The zero-order valence-electron chi connectivity index (χ0n) is 12.5. The lowest BCUT2D eigenvalue weighted by Crippen LogP contribution is -2.44. The Hall–Kier alpha value is -1.88. The molecule has 2 rings (SSSR count). The number of benzene rings is 1. The highest BCUT2D eigenvalue weighted by Gasteiger charge is 2.41. The molecule has 5 heteroatoms. The summed E-state index contributed by atoms with van der Waals surface area (Å²) in [7, 11) is 1.81. The first-order valence-corrected chi connectivity index (χ1v) is 7.33. The molecule has 0 bridgehead atoms. The normalized spacial score (nSPS) is 16.7. The molecule has 1 aromatic carbocycles. The average Bonchev–Trinajstić information content (AvgIpc) is 2.97. The predicted octanol–water partition coefficient (Wildman–Crippen LogP) is 1.26. The fourth-order valence-electron chi connectivity index (χ4n) is 3.08. The largest absolute Gasteiger partial charge is 0.366 e. The van der Waals surface area contributed by atoms with Crippen molar-refractivity contribution in [2.45, 2.75) is 32.2 Å². The number of nitrogens with zero attached hydrogens (tertiary/aromatic N) is 1. The first kappa shape index (κ1) is 15.5. The van der Waals surface area contributed by atoms with Gasteiger partial charge in [-0.15, -0.1) is 0 Å². The van der Waals surface area contributed by atoms with Gasteiger partial charge in [0.1, 0.15) is 0 Å². The topological polar surface area (TPSA) is 89.4 Å². The summed E-state index contributed by atoms with van der Waals surface area (Å²) in [6, 6.07) is 7.02. The minimum atomic E-state index is -0.445. The van der Waals surface area contributed by atoms with E-state index in [4.69, 9.17) is 11.5 Å². The highest BCUT2D eigenvalue weighted by molar-refractivity contribution is 5.92. The van der Waals surface area contributed by atoms with Gasteiger partial charge in [0.05, 0.1) is 5.41 Å². The van der Waals surface area contributed by atoms with Crippen LogP contribution in [-0.4, -0.2) is 30.3 Å². The Bertz CT molecular complexity index is 519. The van der Waals surface area contributed by atoms with Gasteiger partial charge in [0.15, 0.2) is 0 Å². The SMILES string of the molecule is CN(Cc1ccc(C(N)=O)cc1)C(=O)C1(CN)CCCC1. The summed E-state index contributed by atoms with van der Waals surface area (Å²) in [5.41, 5.74) is 12.1. The molecular weight excluding hydrogens is 266 g/mol. The molecule has 1 aliphatic carbocycles. The molecule has 0 unspecified atom stereocenters. The Balaban J connectivity index is 2.05. The Morgan fingerprint density at radius 3 is 2.24 bits per heavy atom. The third-order valence-corrected chi connectivity index (χ3v) is 4.41. The maximum absolute atomic E-state index is 12.6. The smallest absolute Gasteiger partial charge is 0.248 e. The molecule has 4 N–H and O–H groups in total. The van der Waals surface area contributed by atoms with E-state index in [0.717, 1.165) is 31.2 Å². The number of carbonyl (C=O) groups is 2. The second-order valence-electron chi connectivity index (χ2n) is 5.91. The van der Waals surface area contributed by atoms with Crippen molar-refractivity contribution in [2.24, 2.45) is 16.9 Å². The molecule has 21 heavy (non-hydrogen) atoms. The highest BCUT2D eigenvalue weighted by Crippen LogP contribution is 2.38. The summed E-state index contributed by atoms with van der Waals surface area (Å²) >= 11 is 0. The summed E-state index contributed by atoms with van der Waals surface area (Å²) in [6.45, 7) is 0.927. The molecule has 1 saturated carbocycles. The number of rotatable bonds is 5. The van der Waals surface area contributed by atoms with Gasteiger partial charge in [0.25, 0.3) is 0 Å². The molecule has 5 nitrogen and oxygen atoms in total. The van der Waals surface area contributed by atoms with E-state index in [1.165, 1.54) is 0 Å². The fraction of sp³-hybridized carbons (Fsp3) is 0.500. The molecule has 1 fully saturated rings. The predicted molar refractivity (Wildman–Crippen MR) is 81.4 cm³/mol. The van der Waals surface area contributed by atoms with Crippen molar-refractivity contribution in [3.8, 4) is 0 Å². The van der Waals surface area contributed by atoms with E-state index in [2.05, 4.69) is 0 Å². The van der Waals surface area contributed by atoms with Crippen LogP contribution in [0.5, 0.6) is 0 Å². The molecule has 0 atom stereocenters. The summed E-state index contributed by atoms with van der Waals surface area (Å²) < 4.78 is 0. The van der Waals surface area contributed by atoms with Gasteiger partial charge in [-0.25, -0.2) is 0 Å². The van der Waals surface area contributed by atoms with Gasteiger partial charge in [-0.05, 0) is 30.5 Å². The van der Waals surface area contributed by atoms with Crippen LogP contribution in [0.1, 0.15) is 41.6 Å². The van der Waals surface area contributed by atoms with E-state index in [1.54, 1.807) is 24.1 Å². The van der Waals surface area contributed by atoms with Crippen LogP contribution in [0.25, 0.3) is 0 Å². The van der Waals surface area contributed by atoms with Gasteiger partial charge < -0.3 is 16.4 Å². The highest BCUT2D eigenvalue weighted by atomic mass is 16.2. The standard InChI is InChI=1S/C16H23N3O2/c1-19(15(21)16(11-17)8-2-3-9-16)10-12-4-6-13(7-5-12)14(18)20/h4-7H,2-3,8-11,17H2,1H3,(H2,18,20). The summed E-state index contributed by atoms with van der Waals surface area (Å²) in [4.78, 5) is 25.4. The van der Waals surface area contributed by atoms with Gasteiger partial charge in [-0.1, -0.05) is 25.0 Å². The van der Waals surface area contributed by atoms with Crippen LogP contribution < -0.4 is 11.5 Å². The van der Waals surface area contributed by atoms with E-state index in [9.17, 15) is 9.59 Å². The molecular formula is C16H23N3O2. The molecule has 0 radical (unpaired) electrons. The fourth-order valence-corrected chi connectivity index (χ4v) is 3.08. The van der Waals surface area contributed by atoms with E-state index in [-0.39, 0.29) is 11.3 Å². The maximum Gasteiger partial charge on any atom is 0.248 e. The van der Waals surface area contributed by atoms with Gasteiger partial charge in [0.2, 0.25) is 11.8 Å². The van der Waals surface area contributed by atoms with Crippen LogP contribution in [0.15, 0.2) is 24.3 Å². The van der Waals surface area contributed by atoms with Gasteiger partial charge in [-0.2, -0.15) is 0 Å².